The molecule has 0 aliphatic carbocycles. The molecule has 3 aromatic rings. The Balaban J connectivity index is 2.01. The second-order valence-electron chi connectivity index (χ2n) is 4.28. The molecule has 20 heavy (non-hydrogen) atoms. The van der Waals surface area contributed by atoms with E-state index in [1.807, 2.05) is 29.6 Å². The lowest BCUT2D eigenvalue weighted by Crippen LogP contribution is -1.85. The van der Waals surface area contributed by atoms with Gasteiger partial charge in [-0.3, -0.25) is 0 Å². The topological polar surface area (TPSA) is 38.9 Å². The summed E-state index contributed by atoms with van der Waals surface area (Å²) >= 11 is 7.29. The van der Waals surface area contributed by atoms with Gasteiger partial charge in [-0.2, -0.15) is 0 Å². The molecule has 1 aromatic heterocycles. The molecule has 0 radical (unpaired) electrons. The van der Waals surface area contributed by atoms with Crippen molar-refractivity contribution in [2.24, 2.45) is 0 Å². The smallest absolute Gasteiger partial charge is 0.133 e. The molecular formula is C15H10ClFN2S. The number of thiazole rings is 1. The highest BCUT2D eigenvalue weighted by Crippen LogP contribution is 2.32. The van der Waals surface area contributed by atoms with Gasteiger partial charge in [0.05, 0.1) is 5.69 Å². The van der Waals surface area contributed by atoms with Gasteiger partial charge in [0, 0.05) is 27.2 Å². The Morgan fingerprint density at radius 2 is 1.85 bits per heavy atom. The Bertz CT molecular complexity index is 753. The molecule has 3 rings (SSSR count). The van der Waals surface area contributed by atoms with Gasteiger partial charge in [-0.15, -0.1) is 11.3 Å². The molecule has 0 spiro atoms. The number of anilines is 1. The van der Waals surface area contributed by atoms with Crippen molar-refractivity contribution in [3.05, 3.63) is 58.7 Å². The van der Waals surface area contributed by atoms with Crippen molar-refractivity contribution in [1.29, 1.82) is 0 Å². The second kappa shape index (κ2) is 5.23. The van der Waals surface area contributed by atoms with E-state index in [9.17, 15) is 4.39 Å². The first-order valence-corrected chi connectivity index (χ1v) is 7.16. The first kappa shape index (κ1) is 13.1. The summed E-state index contributed by atoms with van der Waals surface area (Å²) < 4.78 is 13.8. The van der Waals surface area contributed by atoms with Crippen LogP contribution in [0.3, 0.4) is 0 Å². The monoisotopic (exact) mass is 304 g/mol. The predicted molar refractivity (Wildman–Crippen MR) is 82.4 cm³/mol. The van der Waals surface area contributed by atoms with E-state index in [0.29, 0.717) is 21.3 Å². The summed E-state index contributed by atoms with van der Waals surface area (Å²) in [5, 5.41) is 2.99. The van der Waals surface area contributed by atoms with Gasteiger partial charge >= 0.3 is 0 Å². The maximum atomic E-state index is 13.8. The molecule has 0 amide bonds. The molecule has 2 aromatic carbocycles. The molecule has 0 saturated carbocycles. The summed E-state index contributed by atoms with van der Waals surface area (Å²) in [5.74, 6) is -0.326. The zero-order valence-corrected chi connectivity index (χ0v) is 11.9. The second-order valence-corrected chi connectivity index (χ2v) is 5.58. The number of nitrogens with zero attached hydrogens (tertiary/aromatic N) is 1. The lowest BCUT2D eigenvalue weighted by Gasteiger charge is -2.00. The van der Waals surface area contributed by atoms with Crippen LogP contribution in [0.15, 0.2) is 47.8 Å². The number of nitrogen functional groups attached to an aromatic ring is 1. The molecule has 0 aliphatic rings. The van der Waals surface area contributed by atoms with Crippen LogP contribution in [0, 0.1) is 5.82 Å². The van der Waals surface area contributed by atoms with E-state index in [1.165, 1.54) is 23.5 Å². The Morgan fingerprint density at radius 1 is 1.10 bits per heavy atom. The normalized spacial score (nSPS) is 10.7. The number of nitrogens with two attached hydrogens (primary N) is 1. The highest BCUT2D eigenvalue weighted by Gasteiger charge is 2.11. The van der Waals surface area contributed by atoms with Crippen LogP contribution in [-0.2, 0) is 0 Å². The third-order valence-corrected chi connectivity index (χ3v) is 3.98. The molecule has 0 unspecified atom stereocenters. The molecule has 0 atom stereocenters. The largest absolute Gasteiger partial charge is 0.399 e. The van der Waals surface area contributed by atoms with E-state index in [4.69, 9.17) is 17.3 Å². The molecular weight excluding hydrogens is 295 g/mol. The zero-order chi connectivity index (χ0) is 14.1. The average Bonchev–Trinajstić information content (AvgIpc) is 2.92. The van der Waals surface area contributed by atoms with Gasteiger partial charge in [-0.1, -0.05) is 23.7 Å². The van der Waals surface area contributed by atoms with Crippen molar-refractivity contribution in [3.8, 4) is 21.8 Å². The number of aromatic nitrogens is 1. The lowest BCUT2D eigenvalue weighted by molar-refractivity contribution is 0.631. The molecule has 0 aliphatic heterocycles. The van der Waals surface area contributed by atoms with Crippen molar-refractivity contribution in [1.82, 2.24) is 4.98 Å². The molecule has 2 nitrogen and oxygen atoms in total. The van der Waals surface area contributed by atoms with Crippen LogP contribution in [0.4, 0.5) is 10.1 Å². The van der Waals surface area contributed by atoms with Crippen LogP contribution in [0.2, 0.25) is 5.02 Å². The number of halogens is 2. The van der Waals surface area contributed by atoms with E-state index < -0.39 is 0 Å². The molecule has 100 valence electrons. The SMILES string of the molecule is Nc1ccc(-c2csc(-c3cc(Cl)ccc3F)n2)cc1. The van der Waals surface area contributed by atoms with Gasteiger partial charge in [-0.25, -0.2) is 9.37 Å². The van der Waals surface area contributed by atoms with Crippen LogP contribution >= 0.6 is 22.9 Å². The summed E-state index contributed by atoms with van der Waals surface area (Å²) in [6, 6.07) is 11.9. The Hall–Kier alpha value is -1.91. The predicted octanol–water partition coefficient (Wildman–Crippen LogP) is 4.85. The molecule has 5 heteroatoms. The summed E-state index contributed by atoms with van der Waals surface area (Å²) in [4.78, 5) is 4.46. The standard InChI is InChI=1S/C15H10ClFN2S/c16-10-3-6-13(17)12(7-10)15-19-14(8-20-15)9-1-4-11(18)5-2-9/h1-8H,18H2. The van der Waals surface area contributed by atoms with Crippen molar-refractivity contribution >= 4 is 28.6 Å². The summed E-state index contributed by atoms with van der Waals surface area (Å²) in [7, 11) is 0. The fraction of sp³-hybridized carbons (Fsp3) is 0. The minimum atomic E-state index is -0.326. The Morgan fingerprint density at radius 3 is 2.60 bits per heavy atom. The first-order chi connectivity index (χ1) is 9.63. The van der Waals surface area contributed by atoms with Crippen LogP contribution in [-0.4, -0.2) is 4.98 Å². The van der Waals surface area contributed by atoms with Crippen molar-refractivity contribution < 1.29 is 4.39 Å². The lowest BCUT2D eigenvalue weighted by atomic mass is 10.1. The van der Waals surface area contributed by atoms with Crippen LogP contribution < -0.4 is 5.73 Å². The highest BCUT2D eigenvalue weighted by molar-refractivity contribution is 7.13. The molecule has 2 N–H and O–H groups in total. The quantitative estimate of drug-likeness (QED) is 0.687. The number of rotatable bonds is 2. The van der Waals surface area contributed by atoms with Gasteiger partial charge < -0.3 is 5.73 Å². The van der Waals surface area contributed by atoms with Crippen molar-refractivity contribution in [3.63, 3.8) is 0 Å². The fourth-order valence-electron chi connectivity index (χ4n) is 1.85. The first-order valence-electron chi connectivity index (χ1n) is 5.90. The summed E-state index contributed by atoms with van der Waals surface area (Å²) in [5.41, 5.74) is 8.52. The van der Waals surface area contributed by atoms with Crippen LogP contribution in [0.1, 0.15) is 0 Å². The van der Waals surface area contributed by atoms with Crippen molar-refractivity contribution in [2.75, 3.05) is 5.73 Å². The van der Waals surface area contributed by atoms with Gasteiger partial charge in [-0.05, 0) is 30.3 Å². The van der Waals surface area contributed by atoms with E-state index in [-0.39, 0.29) is 5.82 Å². The minimum absolute atomic E-state index is 0.326. The molecule has 0 bridgehead atoms. The zero-order valence-electron chi connectivity index (χ0n) is 10.3. The maximum Gasteiger partial charge on any atom is 0.133 e. The van der Waals surface area contributed by atoms with E-state index in [2.05, 4.69) is 4.98 Å². The van der Waals surface area contributed by atoms with E-state index in [1.54, 1.807) is 6.07 Å². The third-order valence-electron chi connectivity index (χ3n) is 2.87. The Kier molecular flexibility index (Phi) is 3.42. The van der Waals surface area contributed by atoms with E-state index >= 15 is 0 Å². The van der Waals surface area contributed by atoms with Gasteiger partial charge in [0.1, 0.15) is 10.8 Å². The highest BCUT2D eigenvalue weighted by atomic mass is 35.5. The Labute approximate surface area is 124 Å². The van der Waals surface area contributed by atoms with Gasteiger partial charge in [0.15, 0.2) is 0 Å². The number of hydrogen-bond donors (Lipinski definition) is 1. The number of benzene rings is 2. The molecule has 0 saturated heterocycles. The minimum Gasteiger partial charge on any atom is -0.399 e. The molecule has 1 heterocycles. The summed E-state index contributed by atoms with van der Waals surface area (Å²) in [6.07, 6.45) is 0. The number of hydrogen-bond acceptors (Lipinski definition) is 3. The molecule has 0 fully saturated rings. The van der Waals surface area contributed by atoms with E-state index in [0.717, 1.165) is 11.3 Å². The van der Waals surface area contributed by atoms with Crippen LogP contribution in [0.25, 0.3) is 21.8 Å². The maximum absolute atomic E-state index is 13.8. The third kappa shape index (κ3) is 2.53. The average molecular weight is 305 g/mol. The van der Waals surface area contributed by atoms with Crippen LogP contribution in [0.5, 0.6) is 0 Å². The van der Waals surface area contributed by atoms with Gasteiger partial charge in [0.25, 0.3) is 0 Å². The van der Waals surface area contributed by atoms with Gasteiger partial charge in [0.2, 0.25) is 0 Å². The summed E-state index contributed by atoms with van der Waals surface area (Å²) in [6.45, 7) is 0. The fourth-order valence-corrected chi connectivity index (χ4v) is 2.86. The van der Waals surface area contributed by atoms with Crippen molar-refractivity contribution in [2.45, 2.75) is 0 Å².